The molecule has 2 aromatic rings. The largest absolute Gasteiger partial charge is 0.463 e. The van der Waals surface area contributed by atoms with E-state index in [0.29, 0.717) is 17.3 Å². The van der Waals surface area contributed by atoms with Crippen molar-refractivity contribution in [1.82, 2.24) is 10.6 Å². The van der Waals surface area contributed by atoms with Crippen LogP contribution in [0.15, 0.2) is 53.7 Å². The molecule has 1 atom stereocenters. The third kappa shape index (κ3) is 3.51. The second-order valence-corrected chi connectivity index (χ2v) is 6.37. The van der Waals surface area contributed by atoms with Crippen molar-refractivity contribution < 1.29 is 9.53 Å². The summed E-state index contributed by atoms with van der Waals surface area (Å²) in [5.41, 5.74) is 2.50. The molecule has 5 heteroatoms. The smallest absolute Gasteiger partial charge is 0.338 e. The van der Waals surface area contributed by atoms with Crippen molar-refractivity contribution in [3.05, 3.63) is 59.3 Å². The number of benzene rings is 2. The van der Waals surface area contributed by atoms with Crippen LogP contribution in [0.1, 0.15) is 38.3 Å². The fourth-order valence-electron chi connectivity index (χ4n) is 3.25. The predicted molar refractivity (Wildman–Crippen MR) is 104 cm³/mol. The fourth-order valence-corrected chi connectivity index (χ4v) is 3.49. The number of hydrogen-bond donors (Lipinski definition) is 2. The zero-order valence-corrected chi connectivity index (χ0v) is 15.3. The minimum atomic E-state index is -0.319. The van der Waals surface area contributed by atoms with Crippen molar-refractivity contribution in [3.63, 3.8) is 0 Å². The van der Waals surface area contributed by atoms with Gasteiger partial charge in [-0.2, -0.15) is 0 Å². The number of ether oxygens (including phenoxy) is 1. The Kier molecular flexibility index (Phi) is 5.34. The molecule has 130 valence electrons. The summed E-state index contributed by atoms with van der Waals surface area (Å²) in [4.78, 5) is 12.7. The summed E-state index contributed by atoms with van der Waals surface area (Å²) in [6.45, 7) is 4.24. The minimum absolute atomic E-state index is 0.300. The van der Waals surface area contributed by atoms with Crippen LogP contribution in [0, 0.1) is 0 Å². The summed E-state index contributed by atoms with van der Waals surface area (Å²) in [6.07, 6.45) is 1.66. The number of hydrogen-bond acceptors (Lipinski definition) is 3. The van der Waals surface area contributed by atoms with E-state index in [9.17, 15) is 4.79 Å². The highest BCUT2D eigenvalue weighted by Gasteiger charge is 2.32. The van der Waals surface area contributed by atoms with E-state index in [0.717, 1.165) is 34.9 Å². The van der Waals surface area contributed by atoms with Gasteiger partial charge in [-0.05, 0) is 41.9 Å². The van der Waals surface area contributed by atoms with Crippen molar-refractivity contribution in [2.75, 3.05) is 6.61 Å². The molecule has 1 aliphatic heterocycles. The number of thiocarbonyl (C=S) groups is 1. The van der Waals surface area contributed by atoms with E-state index in [1.807, 2.05) is 31.2 Å². The van der Waals surface area contributed by atoms with E-state index in [4.69, 9.17) is 17.0 Å². The van der Waals surface area contributed by atoms with Crippen LogP contribution < -0.4 is 10.6 Å². The molecule has 0 aliphatic carbocycles. The number of nitrogens with one attached hydrogen (secondary N) is 2. The van der Waals surface area contributed by atoms with E-state index in [1.54, 1.807) is 0 Å². The van der Waals surface area contributed by atoms with E-state index < -0.39 is 0 Å². The standard InChI is InChI=1S/C20H22N2O2S/c1-3-8-16-17(19(23)24-4-2)18(22-20(25)21-16)15-12-7-10-13-9-5-6-11-14(13)15/h5-7,9-12,18H,3-4,8H2,1-2H3,(H2,21,22,25)/t18-/m0/s1. The second kappa shape index (κ2) is 7.66. The molecule has 0 spiro atoms. The van der Waals surface area contributed by atoms with Crippen LogP contribution in [-0.4, -0.2) is 17.7 Å². The Labute approximate surface area is 153 Å². The van der Waals surface area contributed by atoms with E-state index in [2.05, 4.69) is 35.8 Å². The molecule has 0 radical (unpaired) electrons. The molecule has 3 rings (SSSR count). The third-order valence-electron chi connectivity index (χ3n) is 4.28. The maximum absolute atomic E-state index is 12.7. The quantitative estimate of drug-likeness (QED) is 0.628. The second-order valence-electron chi connectivity index (χ2n) is 5.96. The monoisotopic (exact) mass is 354 g/mol. The van der Waals surface area contributed by atoms with Gasteiger partial charge in [-0.25, -0.2) is 4.79 Å². The van der Waals surface area contributed by atoms with Gasteiger partial charge in [0.1, 0.15) is 0 Å². The lowest BCUT2D eigenvalue weighted by atomic mass is 9.90. The molecule has 1 heterocycles. The van der Waals surface area contributed by atoms with Gasteiger partial charge in [-0.3, -0.25) is 0 Å². The normalized spacial score (nSPS) is 17.2. The Morgan fingerprint density at radius 3 is 2.68 bits per heavy atom. The molecule has 0 amide bonds. The van der Waals surface area contributed by atoms with Gasteiger partial charge >= 0.3 is 5.97 Å². The highest BCUT2D eigenvalue weighted by atomic mass is 32.1. The molecule has 25 heavy (non-hydrogen) atoms. The molecule has 0 aromatic heterocycles. The lowest BCUT2D eigenvalue weighted by Gasteiger charge is -2.31. The summed E-state index contributed by atoms with van der Waals surface area (Å²) in [5, 5.41) is 9.19. The van der Waals surface area contributed by atoms with E-state index in [-0.39, 0.29) is 12.0 Å². The number of rotatable bonds is 5. The van der Waals surface area contributed by atoms with Crippen molar-refractivity contribution in [1.29, 1.82) is 0 Å². The lowest BCUT2D eigenvalue weighted by molar-refractivity contribution is -0.139. The summed E-state index contributed by atoms with van der Waals surface area (Å²) >= 11 is 5.39. The Hall–Kier alpha value is -2.40. The molecular weight excluding hydrogens is 332 g/mol. The zero-order chi connectivity index (χ0) is 17.8. The van der Waals surface area contributed by atoms with Crippen molar-refractivity contribution in [3.8, 4) is 0 Å². The minimum Gasteiger partial charge on any atom is -0.463 e. The van der Waals surface area contributed by atoms with E-state index in [1.165, 1.54) is 0 Å². The molecular formula is C20H22N2O2S. The number of carbonyl (C=O) groups excluding carboxylic acids is 1. The van der Waals surface area contributed by atoms with Crippen LogP contribution in [0.2, 0.25) is 0 Å². The molecule has 0 bridgehead atoms. The van der Waals surface area contributed by atoms with Gasteiger partial charge in [0.15, 0.2) is 5.11 Å². The average Bonchev–Trinajstić information content (AvgIpc) is 2.61. The Balaban J connectivity index is 2.17. The third-order valence-corrected chi connectivity index (χ3v) is 4.50. The predicted octanol–water partition coefficient (Wildman–Crippen LogP) is 3.98. The number of esters is 1. The summed E-state index contributed by atoms with van der Waals surface area (Å²) in [5.74, 6) is -0.300. The number of allylic oxidation sites excluding steroid dienone is 1. The van der Waals surface area contributed by atoms with Gasteiger partial charge in [0.05, 0.1) is 18.2 Å². The first-order valence-electron chi connectivity index (χ1n) is 8.61. The van der Waals surface area contributed by atoms with Crippen LogP contribution in [0.5, 0.6) is 0 Å². The van der Waals surface area contributed by atoms with Crippen LogP contribution in [0.3, 0.4) is 0 Å². The zero-order valence-electron chi connectivity index (χ0n) is 14.5. The number of carbonyl (C=O) groups is 1. The Morgan fingerprint density at radius 1 is 1.16 bits per heavy atom. The SMILES string of the molecule is CCCC1=C(C(=O)OCC)[C@H](c2cccc3ccccc23)NC(=S)N1. The molecule has 4 nitrogen and oxygen atoms in total. The molecule has 0 fully saturated rings. The summed E-state index contributed by atoms with van der Waals surface area (Å²) in [6, 6.07) is 13.9. The van der Waals surface area contributed by atoms with Gasteiger partial charge in [-0.1, -0.05) is 55.8 Å². The number of fused-ring (bicyclic) bond motifs is 1. The van der Waals surface area contributed by atoms with Gasteiger partial charge in [-0.15, -0.1) is 0 Å². The first-order valence-corrected chi connectivity index (χ1v) is 9.01. The Morgan fingerprint density at radius 2 is 1.92 bits per heavy atom. The molecule has 0 saturated heterocycles. The molecule has 0 unspecified atom stereocenters. The lowest BCUT2D eigenvalue weighted by Crippen LogP contribution is -2.45. The van der Waals surface area contributed by atoms with Crippen LogP contribution in [0.25, 0.3) is 10.8 Å². The first-order chi connectivity index (χ1) is 12.2. The molecule has 2 aromatic carbocycles. The maximum atomic E-state index is 12.7. The first kappa shape index (κ1) is 17.4. The van der Waals surface area contributed by atoms with Crippen LogP contribution >= 0.6 is 12.2 Å². The molecule has 1 aliphatic rings. The fraction of sp³-hybridized carbons (Fsp3) is 0.300. The highest BCUT2D eigenvalue weighted by Crippen LogP contribution is 2.33. The van der Waals surface area contributed by atoms with Crippen molar-refractivity contribution >= 4 is 34.1 Å². The van der Waals surface area contributed by atoms with Gasteiger partial charge < -0.3 is 15.4 Å². The van der Waals surface area contributed by atoms with Crippen LogP contribution in [-0.2, 0) is 9.53 Å². The van der Waals surface area contributed by atoms with Gasteiger partial charge in [0, 0.05) is 5.70 Å². The van der Waals surface area contributed by atoms with E-state index >= 15 is 0 Å². The maximum Gasteiger partial charge on any atom is 0.338 e. The van der Waals surface area contributed by atoms with Crippen molar-refractivity contribution in [2.24, 2.45) is 0 Å². The Bertz CT molecular complexity index is 839. The summed E-state index contributed by atoms with van der Waals surface area (Å²) < 4.78 is 5.34. The highest BCUT2D eigenvalue weighted by molar-refractivity contribution is 7.80. The molecule has 0 saturated carbocycles. The van der Waals surface area contributed by atoms with Gasteiger partial charge in [0.25, 0.3) is 0 Å². The van der Waals surface area contributed by atoms with Gasteiger partial charge in [0.2, 0.25) is 0 Å². The molecule has 2 N–H and O–H groups in total. The summed E-state index contributed by atoms with van der Waals surface area (Å²) in [7, 11) is 0. The topological polar surface area (TPSA) is 50.4 Å². The average molecular weight is 354 g/mol. The van der Waals surface area contributed by atoms with Crippen molar-refractivity contribution in [2.45, 2.75) is 32.7 Å². The van der Waals surface area contributed by atoms with Crippen LogP contribution in [0.4, 0.5) is 0 Å².